The van der Waals surface area contributed by atoms with Crippen molar-refractivity contribution < 1.29 is 5.11 Å². The lowest BCUT2D eigenvalue weighted by molar-refractivity contribution is 0.173. The van der Waals surface area contributed by atoms with E-state index >= 15 is 0 Å². The molecule has 1 aromatic heterocycles. The Morgan fingerprint density at radius 3 is 2.59 bits per heavy atom. The predicted octanol–water partition coefficient (Wildman–Crippen LogP) is 0.817. The number of piperidine rings is 1. The fourth-order valence-electron chi connectivity index (χ4n) is 2.60. The van der Waals surface area contributed by atoms with Crippen molar-refractivity contribution in [1.29, 1.82) is 0 Å². The van der Waals surface area contributed by atoms with Crippen LogP contribution in [0.2, 0.25) is 0 Å². The molecule has 1 N–H and O–H groups in total. The molecular weight excluding hydrogens is 216 g/mol. The van der Waals surface area contributed by atoms with Crippen LogP contribution in [0.4, 0.5) is 0 Å². The van der Waals surface area contributed by atoms with E-state index in [2.05, 4.69) is 15.2 Å². The highest BCUT2D eigenvalue weighted by Gasteiger charge is 2.27. The predicted molar refractivity (Wildman–Crippen MR) is 63.4 cm³/mol. The van der Waals surface area contributed by atoms with E-state index in [1.165, 1.54) is 32.5 Å². The van der Waals surface area contributed by atoms with E-state index in [4.69, 9.17) is 5.11 Å². The zero-order valence-electron chi connectivity index (χ0n) is 10.1. The summed E-state index contributed by atoms with van der Waals surface area (Å²) in [6.07, 6.45) is 7.05. The molecule has 1 saturated carbocycles. The van der Waals surface area contributed by atoms with Crippen molar-refractivity contribution in [3.05, 3.63) is 11.9 Å². The van der Waals surface area contributed by atoms with Crippen LogP contribution in [-0.2, 0) is 6.61 Å². The van der Waals surface area contributed by atoms with Crippen molar-refractivity contribution in [2.75, 3.05) is 19.6 Å². The topological polar surface area (TPSA) is 54.2 Å². The Labute approximate surface area is 101 Å². The normalized spacial score (nSPS) is 23.1. The van der Waals surface area contributed by atoms with E-state index in [9.17, 15) is 0 Å². The third-order valence-electron chi connectivity index (χ3n) is 3.86. The first-order valence-corrected chi connectivity index (χ1v) is 6.59. The van der Waals surface area contributed by atoms with Gasteiger partial charge in [0, 0.05) is 19.6 Å². The summed E-state index contributed by atoms with van der Waals surface area (Å²) in [5, 5.41) is 17.0. The van der Waals surface area contributed by atoms with Crippen LogP contribution in [0.1, 0.15) is 37.4 Å². The molecular formula is C12H20N4O. The molecule has 0 amide bonds. The Hall–Kier alpha value is -0.940. The second-order valence-electron chi connectivity index (χ2n) is 5.32. The highest BCUT2D eigenvalue weighted by atomic mass is 16.3. The van der Waals surface area contributed by atoms with Crippen molar-refractivity contribution in [1.82, 2.24) is 19.9 Å². The van der Waals surface area contributed by atoms with Gasteiger partial charge in [0.2, 0.25) is 0 Å². The van der Waals surface area contributed by atoms with Crippen molar-refractivity contribution >= 4 is 0 Å². The fourth-order valence-corrected chi connectivity index (χ4v) is 2.60. The maximum atomic E-state index is 8.97. The minimum absolute atomic E-state index is 0.0134. The lowest BCUT2D eigenvalue weighted by Gasteiger charge is -2.31. The van der Waals surface area contributed by atoms with Crippen molar-refractivity contribution in [2.45, 2.75) is 38.3 Å². The van der Waals surface area contributed by atoms with Crippen LogP contribution in [0.15, 0.2) is 6.20 Å². The maximum absolute atomic E-state index is 8.97. The number of nitrogens with zero attached hydrogens (tertiary/aromatic N) is 4. The van der Waals surface area contributed by atoms with E-state index in [0.717, 1.165) is 18.8 Å². The Balaban J connectivity index is 1.52. The molecule has 2 aliphatic rings. The van der Waals surface area contributed by atoms with Crippen LogP contribution < -0.4 is 0 Å². The minimum atomic E-state index is -0.0134. The first kappa shape index (κ1) is 11.2. The molecule has 2 heterocycles. The highest BCUT2D eigenvalue weighted by Crippen LogP contribution is 2.31. The van der Waals surface area contributed by atoms with Crippen molar-refractivity contribution in [2.24, 2.45) is 5.92 Å². The monoisotopic (exact) mass is 236 g/mol. The standard InChI is InChI=1S/C12H20N4O/c17-9-11-8-16(14-13-11)12-3-5-15(6-4-12)7-10-1-2-10/h8,10,12,17H,1-7,9H2. The van der Waals surface area contributed by atoms with Gasteiger partial charge >= 0.3 is 0 Å². The molecule has 1 saturated heterocycles. The molecule has 1 aromatic rings. The maximum Gasteiger partial charge on any atom is 0.108 e. The van der Waals surface area contributed by atoms with Crippen LogP contribution in [0.25, 0.3) is 0 Å². The lowest BCUT2D eigenvalue weighted by atomic mass is 10.1. The molecule has 0 radical (unpaired) electrons. The molecule has 0 bridgehead atoms. The van der Waals surface area contributed by atoms with Gasteiger partial charge in [-0.15, -0.1) is 5.10 Å². The van der Waals surface area contributed by atoms with E-state index < -0.39 is 0 Å². The third kappa shape index (κ3) is 2.66. The number of aliphatic hydroxyl groups excluding tert-OH is 1. The molecule has 0 unspecified atom stereocenters. The number of hydrogen-bond acceptors (Lipinski definition) is 4. The largest absolute Gasteiger partial charge is 0.390 e. The minimum Gasteiger partial charge on any atom is -0.390 e. The number of aliphatic hydroxyl groups is 1. The summed E-state index contributed by atoms with van der Waals surface area (Å²) in [4.78, 5) is 2.58. The van der Waals surface area contributed by atoms with Gasteiger partial charge in [-0.3, -0.25) is 0 Å². The molecule has 5 nitrogen and oxygen atoms in total. The molecule has 5 heteroatoms. The summed E-state index contributed by atoms with van der Waals surface area (Å²) >= 11 is 0. The molecule has 1 aliphatic heterocycles. The van der Waals surface area contributed by atoms with Gasteiger partial charge in [0.05, 0.1) is 18.8 Å². The summed E-state index contributed by atoms with van der Waals surface area (Å²) in [6.45, 7) is 3.64. The molecule has 0 spiro atoms. The van der Waals surface area contributed by atoms with Crippen molar-refractivity contribution in [3.8, 4) is 0 Å². The zero-order chi connectivity index (χ0) is 11.7. The fraction of sp³-hybridized carbons (Fsp3) is 0.833. The smallest absolute Gasteiger partial charge is 0.108 e. The molecule has 2 fully saturated rings. The van der Waals surface area contributed by atoms with Gasteiger partial charge in [-0.1, -0.05) is 5.21 Å². The number of aromatic nitrogens is 3. The molecule has 1 aliphatic carbocycles. The third-order valence-corrected chi connectivity index (χ3v) is 3.86. The molecule has 3 rings (SSSR count). The van der Waals surface area contributed by atoms with Crippen LogP contribution in [0.5, 0.6) is 0 Å². The van der Waals surface area contributed by atoms with Gasteiger partial charge in [0.25, 0.3) is 0 Å². The molecule has 17 heavy (non-hydrogen) atoms. The zero-order valence-corrected chi connectivity index (χ0v) is 10.1. The quantitative estimate of drug-likeness (QED) is 0.841. The van der Waals surface area contributed by atoms with Gasteiger partial charge in [-0.25, -0.2) is 4.68 Å². The van der Waals surface area contributed by atoms with Crippen LogP contribution in [-0.4, -0.2) is 44.6 Å². The van der Waals surface area contributed by atoms with Gasteiger partial charge in [-0.2, -0.15) is 0 Å². The summed E-state index contributed by atoms with van der Waals surface area (Å²) < 4.78 is 1.93. The average molecular weight is 236 g/mol. The first-order valence-electron chi connectivity index (χ1n) is 6.59. The van der Waals surface area contributed by atoms with Crippen LogP contribution in [0, 0.1) is 5.92 Å². The molecule has 0 atom stereocenters. The second kappa shape index (κ2) is 4.74. The van der Waals surface area contributed by atoms with Gasteiger partial charge in [0.1, 0.15) is 5.69 Å². The highest BCUT2D eigenvalue weighted by molar-refractivity contribution is 4.92. The summed E-state index contributed by atoms with van der Waals surface area (Å²) in [5.74, 6) is 0.985. The van der Waals surface area contributed by atoms with Crippen LogP contribution >= 0.6 is 0 Å². The lowest BCUT2D eigenvalue weighted by Crippen LogP contribution is -2.36. The SMILES string of the molecule is OCc1cn(C2CCN(CC3CC3)CC2)nn1. The summed E-state index contributed by atoms with van der Waals surface area (Å²) in [5.41, 5.74) is 0.672. The Morgan fingerprint density at radius 1 is 1.24 bits per heavy atom. The molecule has 94 valence electrons. The number of hydrogen-bond donors (Lipinski definition) is 1. The van der Waals surface area contributed by atoms with E-state index in [1.807, 2.05) is 10.9 Å². The van der Waals surface area contributed by atoms with E-state index in [1.54, 1.807) is 0 Å². The van der Waals surface area contributed by atoms with Crippen molar-refractivity contribution in [3.63, 3.8) is 0 Å². The van der Waals surface area contributed by atoms with Gasteiger partial charge in [0.15, 0.2) is 0 Å². The number of rotatable bonds is 4. The number of likely N-dealkylation sites (tertiary alicyclic amines) is 1. The summed E-state index contributed by atoms with van der Waals surface area (Å²) in [6, 6.07) is 0.471. The van der Waals surface area contributed by atoms with Gasteiger partial charge in [-0.05, 0) is 31.6 Å². The van der Waals surface area contributed by atoms with Crippen LogP contribution in [0.3, 0.4) is 0 Å². The van der Waals surface area contributed by atoms with Gasteiger partial charge < -0.3 is 10.0 Å². The van der Waals surface area contributed by atoms with E-state index in [0.29, 0.717) is 11.7 Å². The Bertz CT molecular complexity index is 366. The second-order valence-corrected chi connectivity index (χ2v) is 5.32. The summed E-state index contributed by atoms with van der Waals surface area (Å²) in [7, 11) is 0. The Morgan fingerprint density at radius 2 is 2.00 bits per heavy atom. The van der Waals surface area contributed by atoms with E-state index in [-0.39, 0.29) is 6.61 Å². The molecule has 0 aromatic carbocycles. The first-order chi connectivity index (χ1) is 8.35. The Kier molecular flexibility index (Phi) is 3.11. The average Bonchev–Trinajstić information content (AvgIpc) is 3.05.